The molecule has 0 saturated heterocycles. The van der Waals surface area contributed by atoms with E-state index in [1.165, 1.54) is 22.3 Å². The van der Waals surface area contributed by atoms with Crippen LogP contribution in [0.1, 0.15) is 16.1 Å². The molecule has 0 fully saturated rings. The Morgan fingerprint density at radius 2 is 1.57 bits per heavy atom. The molecule has 0 atom stereocenters. The normalized spacial score (nSPS) is 11.0. The molecular formula is C20H21F6N5O5S. The first-order valence-corrected chi connectivity index (χ1v) is 10.9. The van der Waals surface area contributed by atoms with Crippen LogP contribution in [-0.2, 0) is 16.0 Å². The first kappa shape index (κ1) is 31.2. The van der Waals surface area contributed by atoms with E-state index in [0.29, 0.717) is 18.8 Å². The third-order valence-electron chi connectivity index (χ3n) is 4.00. The van der Waals surface area contributed by atoms with E-state index in [0.717, 1.165) is 23.6 Å². The Labute approximate surface area is 208 Å². The van der Waals surface area contributed by atoms with Crippen LogP contribution in [0.25, 0.3) is 10.9 Å². The minimum Gasteiger partial charge on any atom is -0.475 e. The number of nitrogens with two attached hydrogens (primary N) is 1. The van der Waals surface area contributed by atoms with Crippen molar-refractivity contribution in [2.24, 2.45) is 5.73 Å². The van der Waals surface area contributed by atoms with E-state index in [1.807, 2.05) is 18.3 Å². The maximum absolute atomic E-state index is 11.8. The summed E-state index contributed by atoms with van der Waals surface area (Å²) in [6.07, 6.45) is -7.24. The summed E-state index contributed by atoms with van der Waals surface area (Å²) in [4.78, 5) is 37.1. The number of nitrogens with one attached hydrogen (secondary N) is 3. The van der Waals surface area contributed by atoms with Crippen molar-refractivity contribution in [2.75, 3.05) is 25.0 Å². The molecule has 2 heterocycles. The lowest BCUT2D eigenvalue weighted by atomic mass is 10.1. The number of anilines is 1. The minimum atomic E-state index is -5.08. The van der Waals surface area contributed by atoms with Gasteiger partial charge in [0.1, 0.15) is 5.69 Å². The molecule has 3 aromatic rings. The summed E-state index contributed by atoms with van der Waals surface area (Å²) < 4.78 is 63.5. The van der Waals surface area contributed by atoms with Gasteiger partial charge in [-0.2, -0.15) is 26.3 Å². The van der Waals surface area contributed by atoms with E-state index in [2.05, 4.69) is 32.7 Å². The lowest BCUT2D eigenvalue weighted by Gasteiger charge is -2.02. The number of benzene rings is 1. The van der Waals surface area contributed by atoms with Crippen molar-refractivity contribution in [3.63, 3.8) is 0 Å². The second kappa shape index (κ2) is 14.0. The lowest BCUT2D eigenvalue weighted by molar-refractivity contribution is -0.193. The van der Waals surface area contributed by atoms with Crippen LogP contribution in [0.3, 0.4) is 0 Å². The molecule has 0 aliphatic carbocycles. The molecule has 1 amide bonds. The molecule has 10 nitrogen and oxygen atoms in total. The summed E-state index contributed by atoms with van der Waals surface area (Å²) in [6.45, 7) is 1.64. The number of hydrogen-bond donors (Lipinski definition) is 6. The van der Waals surface area contributed by atoms with Crippen LogP contribution >= 0.6 is 11.3 Å². The zero-order chi connectivity index (χ0) is 28.2. The summed E-state index contributed by atoms with van der Waals surface area (Å²) in [5, 5.41) is 24.0. The molecule has 0 unspecified atom stereocenters. The number of amides is 1. The molecular weight excluding hydrogens is 536 g/mol. The number of carboxylic acids is 2. The number of H-pyrrole nitrogens is 1. The number of carboxylic acid groups (broad SMARTS) is 2. The smallest absolute Gasteiger partial charge is 0.475 e. The standard InChI is InChI=1S/C16H19N5OS.2C2HF3O2/c17-6-8-18-15(22)14-10-23-16(21-14)19-7-5-11-9-20-13-4-2-1-3-12(11)13;2*3-2(4,5)1(6)7/h1-4,9-10,20H,5-8,17H2,(H,18,22)(H,19,21);2*(H,6,7). The zero-order valence-electron chi connectivity index (χ0n) is 18.6. The molecule has 204 valence electrons. The quantitative estimate of drug-likeness (QED) is 0.241. The van der Waals surface area contributed by atoms with Gasteiger partial charge in [0, 0.05) is 42.1 Å². The van der Waals surface area contributed by atoms with Crippen molar-refractivity contribution in [1.82, 2.24) is 15.3 Å². The molecule has 0 bridgehead atoms. The van der Waals surface area contributed by atoms with E-state index >= 15 is 0 Å². The summed E-state index contributed by atoms with van der Waals surface area (Å²) in [5.74, 6) is -5.70. The van der Waals surface area contributed by atoms with E-state index in [-0.39, 0.29) is 5.91 Å². The largest absolute Gasteiger partial charge is 0.490 e. The Bertz CT molecular complexity index is 1150. The fourth-order valence-corrected chi connectivity index (χ4v) is 3.10. The molecule has 1 aromatic carbocycles. The van der Waals surface area contributed by atoms with Crippen LogP contribution < -0.4 is 16.4 Å². The Kier molecular flexibility index (Phi) is 11.8. The van der Waals surface area contributed by atoms with Gasteiger partial charge in [0.05, 0.1) is 0 Å². The highest BCUT2D eigenvalue weighted by molar-refractivity contribution is 7.13. The van der Waals surface area contributed by atoms with Crippen LogP contribution in [0.5, 0.6) is 0 Å². The molecule has 0 saturated carbocycles. The molecule has 0 aliphatic rings. The average Bonchev–Trinajstić information content (AvgIpc) is 3.45. The number of hydrogen-bond acceptors (Lipinski definition) is 7. The van der Waals surface area contributed by atoms with Gasteiger partial charge >= 0.3 is 24.3 Å². The molecule has 0 aliphatic heterocycles. The van der Waals surface area contributed by atoms with Crippen LogP contribution in [-0.4, -0.2) is 70.0 Å². The number of thiazole rings is 1. The van der Waals surface area contributed by atoms with Crippen LogP contribution in [0, 0.1) is 0 Å². The SMILES string of the molecule is NCCNC(=O)c1csc(NCCc2c[nH]c3ccccc23)n1.O=C(O)C(F)(F)F.O=C(O)C(F)(F)F. The van der Waals surface area contributed by atoms with E-state index in [4.69, 9.17) is 25.5 Å². The minimum absolute atomic E-state index is 0.184. The summed E-state index contributed by atoms with van der Waals surface area (Å²) in [5.41, 5.74) is 8.21. The molecule has 0 radical (unpaired) electrons. The van der Waals surface area contributed by atoms with Crippen LogP contribution in [0.4, 0.5) is 31.5 Å². The Balaban J connectivity index is 0.000000404. The number of carbonyl (C=O) groups is 3. The van der Waals surface area contributed by atoms with E-state index in [9.17, 15) is 31.1 Å². The van der Waals surface area contributed by atoms with Gasteiger partial charge in [-0.15, -0.1) is 11.3 Å². The number of fused-ring (bicyclic) bond motifs is 1. The Hall–Kier alpha value is -3.86. The number of aromatic nitrogens is 2. The van der Waals surface area contributed by atoms with Gasteiger partial charge in [-0.05, 0) is 18.1 Å². The Morgan fingerprint density at radius 3 is 2.11 bits per heavy atom. The lowest BCUT2D eigenvalue weighted by Crippen LogP contribution is -2.29. The summed E-state index contributed by atoms with van der Waals surface area (Å²) in [6, 6.07) is 8.25. The third-order valence-corrected chi connectivity index (χ3v) is 4.80. The van der Waals surface area contributed by atoms with Crippen LogP contribution in [0.15, 0.2) is 35.8 Å². The highest BCUT2D eigenvalue weighted by Gasteiger charge is 2.38. The number of halogens is 6. The third kappa shape index (κ3) is 11.2. The zero-order valence-corrected chi connectivity index (χ0v) is 19.4. The van der Waals surface area contributed by atoms with Crippen molar-refractivity contribution in [3.8, 4) is 0 Å². The second-order valence-electron chi connectivity index (χ2n) is 6.72. The van der Waals surface area contributed by atoms with E-state index < -0.39 is 24.3 Å². The Morgan fingerprint density at radius 1 is 1.00 bits per heavy atom. The monoisotopic (exact) mass is 557 g/mol. The fourth-order valence-electron chi connectivity index (χ4n) is 2.38. The molecule has 7 N–H and O–H groups in total. The molecule has 2 aromatic heterocycles. The van der Waals surface area contributed by atoms with Crippen molar-refractivity contribution in [3.05, 3.63) is 47.1 Å². The van der Waals surface area contributed by atoms with Crippen molar-refractivity contribution >= 4 is 45.2 Å². The predicted octanol–water partition coefficient (Wildman–Crippen LogP) is 3.23. The number of para-hydroxylation sites is 1. The number of aliphatic carboxylic acids is 2. The molecule has 37 heavy (non-hydrogen) atoms. The van der Waals surface area contributed by atoms with Crippen LogP contribution in [0.2, 0.25) is 0 Å². The number of alkyl halides is 6. The highest BCUT2D eigenvalue weighted by Crippen LogP contribution is 2.19. The number of rotatable bonds is 7. The number of aromatic amines is 1. The summed E-state index contributed by atoms with van der Waals surface area (Å²) >= 11 is 1.43. The van der Waals surface area contributed by atoms with Gasteiger partial charge in [-0.1, -0.05) is 18.2 Å². The fraction of sp³-hybridized carbons (Fsp3) is 0.300. The van der Waals surface area contributed by atoms with Crippen molar-refractivity contribution in [1.29, 1.82) is 0 Å². The van der Waals surface area contributed by atoms with Gasteiger partial charge in [0.25, 0.3) is 5.91 Å². The van der Waals surface area contributed by atoms with E-state index in [1.54, 1.807) is 5.38 Å². The number of carbonyl (C=O) groups excluding carboxylic acids is 1. The number of nitrogens with zero attached hydrogens (tertiary/aromatic N) is 1. The van der Waals surface area contributed by atoms with Gasteiger partial charge < -0.3 is 31.6 Å². The summed E-state index contributed by atoms with van der Waals surface area (Å²) in [7, 11) is 0. The maximum Gasteiger partial charge on any atom is 0.490 e. The average molecular weight is 557 g/mol. The van der Waals surface area contributed by atoms with Gasteiger partial charge in [-0.3, -0.25) is 4.79 Å². The first-order chi connectivity index (χ1) is 17.2. The molecule has 0 spiro atoms. The second-order valence-corrected chi connectivity index (χ2v) is 7.58. The van der Waals surface area contributed by atoms with Crippen molar-refractivity contribution in [2.45, 2.75) is 18.8 Å². The predicted molar refractivity (Wildman–Crippen MR) is 121 cm³/mol. The molecule has 3 rings (SSSR count). The maximum atomic E-state index is 11.8. The van der Waals surface area contributed by atoms with Crippen molar-refractivity contribution < 1.29 is 50.9 Å². The van der Waals surface area contributed by atoms with Gasteiger partial charge in [-0.25, -0.2) is 14.6 Å². The topological polar surface area (TPSA) is 170 Å². The van der Waals surface area contributed by atoms with Gasteiger partial charge in [0.15, 0.2) is 5.13 Å². The molecule has 17 heteroatoms. The highest BCUT2D eigenvalue weighted by atomic mass is 32.1. The first-order valence-electron chi connectivity index (χ1n) is 9.99. The van der Waals surface area contributed by atoms with Gasteiger partial charge in [0.2, 0.25) is 0 Å².